The molecule has 0 aromatic carbocycles. The molecule has 2 aromatic heterocycles. The van der Waals surface area contributed by atoms with Crippen LogP contribution in [0, 0.1) is 5.92 Å². The van der Waals surface area contributed by atoms with E-state index in [-0.39, 0.29) is 11.2 Å². The van der Waals surface area contributed by atoms with Crippen LogP contribution in [0.5, 0.6) is 5.75 Å². The molecule has 36 heavy (non-hydrogen) atoms. The first-order chi connectivity index (χ1) is 17.5. The number of likely N-dealkylation sites (tertiary alicyclic amines) is 1. The predicted molar refractivity (Wildman–Crippen MR) is 136 cm³/mol. The second-order valence-electron chi connectivity index (χ2n) is 9.34. The van der Waals surface area contributed by atoms with E-state index in [9.17, 15) is 4.79 Å². The van der Waals surface area contributed by atoms with Gasteiger partial charge in [-0.15, -0.1) is 0 Å². The largest absolute Gasteiger partial charge is 0.486 e. The fourth-order valence-corrected chi connectivity index (χ4v) is 4.37. The molecule has 0 amide bonds. The zero-order valence-corrected chi connectivity index (χ0v) is 20.9. The van der Waals surface area contributed by atoms with E-state index in [0.717, 1.165) is 49.4 Å². The Morgan fingerprint density at radius 3 is 2.81 bits per heavy atom. The summed E-state index contributed by atoms with van der Waals surface area (Å²) < 4.78 is 17.1. The highest BCUT2D eigenvalue weighted by atomic mass is 16.5. The zero-order valence-electron chi connectivity index (χ0n) is 20.9. The van der Waals surface area contributed by atoms with Crippen LogP contribution in [0.15, 0.2) is 68.4 Å². The number of hydrogen-bond acceptors (Lipinski definition) is 10. The molecule has 0 radical (unpaired) electrons. The Bertz CT molecular complexity index is 1150. The molecule has 0 bridgehead atoms. The third-order valence-corrected chi connectivity index (χ3v) is 6.82. The summed E-state index contributed by atoms with van der Waals surface area (Å²) in [4.78, 5) is 23.5. The van der Waals surface area contributed by atoms with E-state index in [1.165, 1.54) is 18.7 Å². The van der Waals surface area contributed by atoms with Gasteiger partial charge in [0.1, 0.15) is 23.4 Å². The van der Waals surface area contributed by atoms with E-state index in [1.54, 1.807) is 12.4 Å². The van der Waals surface area contributed by atoms with Crippen LogP contribution in [0.2, 0.25) is 0 Å². The molecule has 0 saturated carbocycles. The molecule has 2 aromatic rings. The fourth-order valence-electron chi connectivity index (χ4n) is 4.37. The lowest BCUT2D eigenvalue weighted by atomic mass is 9.98. The van der Waals surface area contributed by atoms with Crippen molar-refractivity contribution in [1.29, 1.82) is 0 Å². The van der Waals surface area contributed by atoms with Gasteiger partial charge in [-0.2, -0.15) is 5.10 Å². The van der Waals surface area contributed by atoms with Crippen LogP contribution in [0.25, 0.3) is 0 Å². The topological polar surface area (TPSA) is 128 Å². The molecule has 1 atom stereocenters. The van der Waals surface area contributed by atoms with Gasteiger partial charge in [-0.25, -0.2) is 9.97 Å². The minimum absolute atomic E-state index is 0.171. The molecule has 1 saturated heterocycles. The summed E-state index contributed by atoms with van der Waals surface area (Å²) >= 11 is 0. The molecule has 3 heterocycles. The third-order valence-electron chi connectivity index (χ3n) is 6.82. The molecule has 1 aliphatic heterocycles. The lowest BCUT2D eigenvalue weighted by Crippen LogP contribution is -2.35. The van der Waals surface area contributed by atoms with Crippen molar-refractivity contribution < 1.29 is 13.9 Å². The molecular weight excluding hydrogens is 460 g/mol. The highest BCUT2D eigenvalue weighted by molar-refractivity contribution is 5.52. The van der Waals surface area contributed by atoms with Crippen molar-refractivity contribution in [1.82, 2.24) is 20.2 Å². The maximum absolute atomic E-state index is 12.5. The van der Waals surface area contributed by atoms with E-state index >= 15 is 0 Å². The monoisotopic (exact) mass is 494 g/mol. The third kappa shape index (κ3) is 6.58. The summed E-state index contributed by atoms with van der Waals surface area (Å²) in [6.07, 6.45) is 12.2. The lowest BCUT2D eigenvalue weighted by molar-refractivity contribution is 0.133. The highest BCUT2D eigenvalue weighted by Gasteiger charge is 2.30. The number of ether oxygens (including phenoxy) is 2. The Kier molecular flexibility index (Phi) is 8.50. The van der Waals surface area contributed by atoms with Crippen molar-refractivity contribution in [2.24, 2.45) is 16.9 Å². The first kappa shape index (κ1) is 25.6. The molecule has 1 fully saturated rings. The average molecular weight is 495 g/mol. The summed E-state index contributed by atoms with van der Waals surface area (Å²) in [6.45, 7) is 8.18. The molecule has 2 aliphatic rings. The first-order valence-electron chi connectivity index (χ1n) is 12.2. The standard InChI is InChI=1S/C26H34N6O4/c1-19-21(4-7-26(19,2)36-18-31-27)13-28-14-22-12-23(33)24(17-34-22)35-16-20-5-10-32(11-6-20)15-25-29-8-3-9-30-25/h3-4,7-9,12,17-18,20,28H,5-6,10-11,13-16,27H2,1-2H3/b31-18-. The molecular formula is C26H34N6O4. The van der Waals surface area contributed by atoms with E-state index < -0.39 is 5.60 Å². The molecule has 3 N–H and O–H groups in total. The molecule has 10 nitrogen and oxygen atoms in total. The number of aromatic nitrogens is 2. The van der Waals surface area contributed by atoms with E-state index in [0.29, 0.717) is 31.4 Å². The Balaban J connectivity index is 1.20. The molecule has 1 unspecified atom stereocenters. The second-order valence-corrected chi connectivity index (χ2v) is 9.34. The first-order valence-corrected chi connectivity index (χ1v) is 12.2. The van der Waals surface area contributed by atoms with Crippen LogP contribution in [0.1, 0.15) is 38.3 Å². The van der Waals surface area contributed by atoms with Gasteiger partial charge in [-0.1, -0.05) is 6.08 Å². The van der Waals surface area contributed by atoms with Crippen LogP contribution < -0.4 is 21.3 Å². The van der Waals surface area contributed by atoms with Crippen molar-refractivity contribution in [3.63, 3.8) is 0 Å². The number of hydrogen-bond donors (Lipinski definition) is 2. The van der Waals surface area contributed by atoms with Crippen molar-refractivity contribution >= 4 is 6.40 Å². The van der Waals surface area contributed by atoms with Crippen LogP contribution in [0.3, 0.4) is 0 Å². The van der Waals surface area contributed by atoms with Gasteiger partial charge in [0, 0.05) is 25.0 Å². The summed E-state index contributed by atoms with van der Waals surface area (Å²) in [7, 11) is 0. The van der Waals surface area contributed by atoms with Crippen molar-refractivity contribution in [3.05, 3.63) is 75.9 Å². The van der Waals surface area contributed by atoms with Crippen LogP contribution in [-0.2, 0) is 17.8 Å². The highest BCUT2D eigenvalue weighted by Crippen LogP contribution is 2.31. The van der Waals surface area contributed by atoms with Crippen LogP contribution in [-0.4, -0.2) is 53.1 Å². The van der Waals surface area contributed by atoms with Gasteiger partial charge in [0.15, 0.2) is 6.40 Å². The van der Waals surface area contributed by atoms with Gasteiger partial charge < -0.3 is 25.1 Å². The number of rotatable bonds is 11. The number of nitrogens with zero attached hydrogens (tertiary/aromatic N) is 4. The van der Waals surface area contributed by atoms with Gasteiger partial charge in [0.05, 0.1) is 19.7 Å². The number of hydrazone groups is 1. The molecule has 1 aliphatic carbocycles. The summed E-state index contributed by atoms with van der Waals surface area (Å²) in [6, 6.07) is 3.31. The SMILES string of the molecule is CC1=C(CNCc2cc(=O)c(OCC3CCN(Cc4ncccn4)CC3)co2)C=CC1(C)O/C=N\N. The Hall–Kier alpha value is -3.50. The number of nitrogens with two attached hydrogens (primary N) is 1. The quantitative estimate of drug-likeness (QED) is 0.209. The van der Waals surface area contributed by atoms with E-state index in [4.69, 9.17) is 19.7 Å². The maximum atomic E-state index is 12.5. The van der Waals surface area contributed by atoms with Crippen LogP contribution in [0.4, 0.5) is 0 Å². The summed E-state index contributed by atoms with van der Waals surface area (Å²) in [5.41, 5.74) is 1.44. The molecule has 4 rings (SSSR count). The van der Waals surface area contributed by atoms with Crippen molar-refractivity contribution in [2.45, 2.75) is 45.4 Å². The van der Waals surface area contributed by atoms with Gasteiger partial charge in [0.2, 0.25) is 11.2 Å². The Morgan fingerprint density at radius 2 is 2.08 bits per heavy atom. The normalized spacial score (nSPS) is 20.9. The molecule has 0 spiro atoms. The van der Waals surface area contributed by atoms with Crippen molar-refractivity contribution in [3.8, 4) is 5.75 Å². The predicted octanol–water partition coefficient (Wildman–Crippen LogP) is 2.37. The average Bonchev–Trinajstić information content (AvgIpc) is 3.17. The molecule has 192 valence electrons. The van der Waals surface area contributed by atoms with Gasteiger partial charge in [-0.05, 0) is 69.0 Å². The van der Waals surface area contributed by atoms with E-state index in [2.05, 4.69) is 25.3 Å². The minimum Gasteiger partial charge on any atom is -0.486 e. The van der Waals surface area contributed by atoms with E-state index in [1.807, 2.05) is 32.1 Å². The fraction of sp³-hybridized carbons (Fsp3) is 0.462. The second kappa shape index (κ2) is 12.0. The van der Waals surface area contributed by atoms with Crippen molar-refractivity contribution in [2.75, 3.05) is 26.2 Å². The Labute approximate surface area is 210 Å². The summed E-state index contributed by atoms with van der Waals surface area (Å²) in [5.74, 6) is 7.20. The summed E-state index contributed by atoms with van der Waals surface area (Å²) in [5, 5.41) is 6.71. The van der Waals surface area contributed by atoms with Gasteiger partial charge in [-0.3, -0.25) is 9.69 Å². The Morgan fingerprint density at radius 1 is 1.31 bits per heavy atom. The number of nitrogens with one attached hydrogen (secondary N) is 1. The maximum Gasteiger partial charge on any atom is 0.227 e. The number of piperidine rings is 1. The smallest absolute Gasteiger partial charge is 0.227 e. The van der Waals surface area contributed by atoms with Crippen LogP contribution >= 0.6 is 0 Å². The zero-order chi connectivity index (χ0) is 25.4. The van der Waals surface area contributed by atoms with Gasteiger partial charge >= 0.3 is 0 Å². The van der Waals surface area contributed by atoms with Gasteiger partial charge in [0.25, 0.3) is 0 Å². The molecule has 10 heteroatoms. The minimum atomic E-state index is -0.557. The lowest BCUT2D eigenvalue weighted by Gasteiger charge is -2.31.